The van der Waals surface area contributed by atoms with Crippen molar-refractivity contribution in [1.82, 2.24) is 31.4 Å². The molecule has 1 rings (SSSR count). The minimum Gasteiger partial charge on any atom is -0.508 e. The van der Waals surface area contributed by atoms with Crippen molar-refractivity contribution in [2.45, 2.75) is 51.7 Å². The molecule has 41 heavy (non-hydrogen) atoms. The average Bonchev–Trinajstić information content (AvgIpc) is 2.88. The minimum absolute atomic E-state index is 0.0213. The minimum atomic E-state index is -1.27. The van der Waals surface area contributed by atoms with Crippen molar-refractivity contribution >= 4 is 35.5 Å². The number of hydrazine groups is 3. The zero-order valence-electron chi connectivity index (χ0n) is 23.1. The molecule has 5 amide bonds. The predicted molar refractivity (Wildman–Crippen MR) is 144 cm³/mol. The van der Waals surface area contributed by atoms with E-state index in [1.165, 1.54) is 31.2 Å². The van der Waals surface area contributed by atoms with Crippen LogP contribution in [0.3, 0.4) is 0 Å². The topological polar surface area (TPSA) is 276 Å². The van der Waals surface area contributed by atoms with E-state index in [-0.39, 0.29) is 31.1 Å². The van der Waals surface area contributed by atoms with Crippen LogP contribution in [-0.4, -0.2) is 93.5 Å². The van der Waals surface area contributed by atoms with Crippen LogP contribution in [0.2, 0.25) is 0 Å². The van der Waals surface area contributed by atoms with Crippen LogP contribution >= 0.6 is 0 Å². The first-order valence-corrected chi connectivity index (χ1v) is 12.6. The maximum absolute atomic E-state index is 13.3. The largest absolute Gasteiger partial charge is 0.508 e. The van der Waals surface area contributed by atoms with Gasteiger partial charge in [-0.3, -0.25) is 50.1 Å². The Morgan fingerprint density at radius 1 is 0.829 bits per heavy atom. The number of phenols is 1. The summed E-state index contributed by atoms with van der Waals surface area (Å²) in [7, 11) is 0. The summed E-state index contributed by atoms with van der Waals surface area (Å²) in [5.74, 6) is 10.9. The van der Waals surface area contributed by atoms with Gasteiger partial charge in [-0.25, -0.2) is 11.7 Å². The average molecular weight is 582 g/mol. The Bertz CT molecular complexity index is 1080. The highest BCUT2D eigenvalue weighted by molar-refractivity contribution is 5.94. The number of hydrogen-bond acceptors (Lipinski definition) is 11. The summed E-state index contributed by atoms with van der Waals surface area (Å²) < 4.78 is 0. The maximum Gasteiger partial charge on any atom is 0.325 e. The van der Waals surface area contributed by atoms with Crippen molar-refractivity contribution in [3.63, 3.8) is 0 Å². The van der Waals surface area contributed by atoms with E-state index < -0.39 is 66.7 Å². The van der Waals surface area contributed by atoms with Gasteiger partial charge >= 0.3 is 5.97 Å². The van der Waals surface area contributed by atoms with E-state index in [2.05, 4.69) is 21.4 Å². The molecule has 0 aliphatic heterocycles. The fraction of sp³-hybridized carbons (Fsp3) is 0.500. The Morgan fingerprint density at radius 2 is 1.39 bits per heavy atom. The lowest BCUT2D eigenvalue weighted by molar-refractivity contribution is -0.142. The number of rotatable bonds is 16. The lowest BCUT2D eigenvalue weighted by Gasteiger charge is -2.26. The first-order chi connectivity index (χ1) is 19.1. The summed E-state index contributed by atoms with van der Waals surface area (Å²) in [6.45, 7) is 3.19. The number of nitrogens with zero attached hydrogens (tertiary/aromatic N) is 2. The van der Waals surface area contributed by atoms with Crippen LogP contribution < -0.4 is 38.9 Å². The Morgan fingerprint density at radius 3 is 1.93 bits per heavy atom. The standard InChI is InChI=1S/C24H39N9O8/c1-13(2)8-17(22(38)29-14(3)24(40)41)31-23(39)18(9-15-4-6-16(34)7-5-15)30-19(35)11-32(26)21(37)12-33(27)20(36)10-28-25/h4-7,13-14,17-18,28,34H,8-12,25-27H2,1-3H3,(H,29,38)(H,30,35)(H,31,39)(H,40,41)/t14-,17-,18-/m0/s1. The Kier molecular flexibility index (Phi) is 14.1. The van der Waals surface area contributed by atoms with Gasteiger partial charge in [0.25, 0.3) is 11.8 Å². The third-order valence-corrected chi connectivity index (χ3v) is 5.61. The summed E-state index contributed by atoms with van der Waals surface area (Å²) in [5.41, 5.74) is 2.63. The van der Waals surface area contributed by atoms with Gasteiger partial charge in [0.15, 0.2) is 0 Å². The van der Waals surface area contributed by atoms with E-state index in [1.54, 1.807) is 13.8 Å². The summed E-state index contributed by atoms with van der Waals surface area (Å²) >= 11 is 0. The molecule has 0 unspecified atom stereocenters. The number of hydrogen-bond donors (Lipinski definition) is 9. The lowest BCUT2D eigenvalue weighted by atomic mass is 10.0. The highest BCUT2D eigenvalue weighted by Gasteiger charge is 2.30. The predicted octanol–water partition coefficient (Wildman–Crippen LogP) is -3.59. The quantitative estimate of drug-likeness (QED) is 0.0520. The van der Waals surface area contributed by atoms with Crippen LogP contribution in [0, 0.1) is 5.92 Å². The molecule has 17 heteroatoms. The van der Waals surface area contributed by atoms with Crippen molar-refractivity contribution in [1.29, 1.82) is 0 Å². The number of carboxylic acids is 1. The zero-order chi connectivity index (χ0) is 31.3. The third kappa shape index (κ3) is 12.6. The second-order valence-electron chi connectivity index (χ2n) is 9.67. The molecule has 1 aromatic rings. The van der Waals surface area contributed by atoms with Crippen LogP contribution in [0.25, 0.3) is 0 Å². The smallest absolute Gasteiger partial charge is 0.325 e. The number of phenolic OH excluding ortho intramolecular Hbond substituents is 1. The molecule has 0 aliphatic rings. The lowest BCUT2D eigenvalue weighted by Crippen LogP contribution is -2.58. The number of benzene rings is 1. The van der Waals surface area contributed by atoms with Gasteiger partial charge in [-0.1, -0.05) is 26.0 Å². The normalized spacial score (nSPS) is 13.0. The Hall–Kier alpha value is -4.32. The van der Waals surface area contributed by atoms with Gasteiger partial charge < -0.3 is 26.2 Å². The number of carbonyl (C=O) groups is 6. The van der Waals surface area contributed by atoms with Crippen LogP contribution in [0.4, 0.5) is 0 Å². The van der Waals surface area contributed by atoms with Crippen LogP contribution in [-0.2, 0) is 35.2 Å². The van der Waals surface area contributed by atoms with Crippen molar-refractivity contribution < 1.29 is 39.0 Å². The first-order valence-electron chi connectivity index (χ1n) is 12.6. The number of amides is 5. The highest BCUT2D eigenvalue weighted by atomic mass is 16.4. The molecule has 0 saturated carbocycles. The molecule has 0 bridgehead atoms. The fourth-order valence-corrected chi connectivity index (χ4v) is 3.42. The monoisotopic (exact) mass is 581 g/mol. The van der Waals surface area contributed by atoms with E-state index in [0.717, 1.165) is 0 Å². The van der Waals surface area contributed by atoms with E-state index in [4.69, 9.17) is 22.6 Å². The van der Waals surface area contributed by atoms with Gasteiger partial charge in [-0.15, -0.1) is 0 Å². The number of nitrogens with one attached hydrogen (secondary N) is 4. The van der Waals surface area contributed by atoms with Crippen LogP contribution in [0.1, 0.15) is 32.8 Å². The molecule has 12 N–H and O–H groups in total. The molecule has 3 atom stereocenters. The number of carbonyl (C=O) groups excluding carboxylic acids is 5. The molecule has 0 fully saturated rings. The third-order valence-electron chi connectivity index (χ3n) is 5.61. The molecule has 228 valence electrons. The second-order valence-corrected chi connectivity index (χ2v) is 9.67. The fourth-order valence-electron chi connectivity index (χ4n) is 3.42. The summed E-state index contributed by atoms with van der Waals surface area (Å²) in [6.07, 6.45) is 0.0952. The van der Waals surface area contributed by atoms with Gasteiger partial charge in [0.2, 0.25) is 17.7 Å². The molecule has 0 aliphatic carbocycles. The maximum atomic E-state index is 13.3. The van der Waals surface area contributed by atoms with Gasteiger partial charge in [-0.05, 0) is 37.0 Å². The molecule has 17 nitrogen and oxygen atoms in total. The number of nitrogens with two attached hydrogens (primary N) is 3. The molecule has 1 aromatic carbocycles. The highest BCUT2D eigenvalue weighted by Crippen LogP contribution is 2.12. The van der Waals surface area contributed by atoms with Crippen molar-refractivity contribution in [3.05, 3.63) is 29.8 Å². The van der Waals surface area contributed by atoms with Crippen molar-refractivity contribution in [3.8, 4) is 5.75 Å². The van der Waals surface area contributed by atoms with E-state index in [9.17, 15) is 33.9 Å². The van der Waals surface area contributed by atoms with Crippen molar-refractivity contribution in [2.75, 3.05) is 19.6 Å². The summed E-state index contributed by atoms with van der Waals surface area (Å²) in [5, 5.41) is 27.1. The van der Waals surface area contributed by atoms with Crippen LogP contribution in [0.5, 0.6) is 5.75 Å². The number of aliphatic carboxylic acids is 1. The SMILES string of the molecule is CC(C)C[C@H](NC(=O)[C@H](Cc1ccc(O)cc1)NC(=O)CN(N)C(=O)CN(N)C(=O)CNN)C(=O)N[C@@H](C)C(=O)O. The number of carboxylic acid groups (broad SMARTS) is 1. The van der Waals surface area contributed by atoms with Gasteiger partial charge in [0.1, 0.15) is 37.0 Å². The van der Waals surface area contributed by atoms with Gasteiger partial charge in [0, 0.05) is 6.42 Å². The van der Waals surface area contributed by atoms with Crippen molar-refractivity contribution in [2.24, 2.45) is 23.4 Å². The summed E-state index contributed by atoms with van der Waals surface area (Å²) in [4.78, 5) is 74.0. The first kappa shape index (κ1) is 34.7. The van der Waals surface area contributed by atoms with E-state index in [1.807, 2.05) is 0 Å². The molecular formula is C24H39N9O8. The molecule has 0 radical (unpaired) electrons. The van der Waals surface area contributed by atoms with E-state index >= 15 is 0 Å². The zero-order valence-corrected chi connectivity index (χ0v) is 23.1. The summed E-state index contributed by atoms with van der Waals surface area (Å²) in [6, 6.07) is 2.22. The van der Waals surface area contributed by atoms with E-state index in [0.29, 0.717) is 15.6 Å². The Labute approximate surface area is 236 Å². The second kappa shape index (κ2) is 16.7. The molecular weight excluding hydrogens is 542 g/mol. The van der Waals surface area contributed by atoms with Crippen LogP contribution in [0.15, 0.2) is 24.3 Å². The van der Waals surface area contributed by atoms with Gasteiger partial charge in [0.05, 0.1) is 6.54 Å². The molecule has 0 spiro atoms. The molecule has 0 heterocycles. The Balaban J connectivity index is 3.05. The van der Waals surface area contributed by atoms with Gasteiger partial charge in [-0.2, -0.15) is 0 Å². The molecule has 0 saturated heterocycles. The number of aromatic hydroxyl groups is 1. The molecule has 0 aromatic heterocycles.